The topological polar surface area (TPSA) is 80.6 Å². The van der Waals surface area contributed by atoms with Crippen LogP contribution in [-0.2, 0) is 26.4 Å². The number of benzene rings is 1. The fourth-order valence-corrected chi connectivity index (χ4v) is 1.93. The van der Waals surface area contributed by atoms with Crippen LogP contribution in [0.1, 0.15) is 25.2 Å². The summed E-state index contributed by atoms with van der Waals surface area (Å²) in [6, 6.07) is 12.9. The number of hydrogen-bond donors (Lipinski definition) is 2. The lowest BCUT2D eigenvalue weighted by atomic mass is 9.84. The summed E-state index contributed by atoms with van der Waals surface area (Å²) in [7, 11) is 0. The maximum absolute atomic E-state index is 12.2. The van der Waals surface area contributed by atoms with Gasteiger partial charge in [-0.25, -0.2) is 5.48 Å². The van der Waals surface area contributed by atoms with Gasteiger partial charge in [0.05, 0.1) is 18.2 Å². The van der Waals surface area contributed by atoms with Gasteiger partial charge in [0.1, 0.15) is 5.76 Å². The van der Waals surface area contributed by atoms with Gasteiger partial charge in [-0.1, -0.05) is 30.3 Å². The quantitative estimate of drug-likeness (QED) is 0.765. The lowest BCUT2D eigenvalue weighted by molar-refractivity contribution is -0.142. The van der Waals surface area contributed by atoms with Gasteiger partial charge in [0.2, 0.25) is 5.91 Å². The first-order valence-electron chi connectivity index (χ1n) is 7.27. The zero-order chi connectivity index (χ0) is 16.7. The number of nitrogens with one attached hydrogen (secondary N) is 2. The third-order valence-corrected chi connectivity index (χ3v) is 3.47. The molecular formula is C17H20N2O4. The van der Waals surface area contributed by atoms with Crippen LogP contribution in [0.5, 0.6) is 0 Å². The molecule has 2 aromatic rings. The van der Waals surface area contributed by atoms with Crippen molar-refractivity contribution in [3.63, 3.8) is 0 Å². The molecule has 0 atom stereocenters. The Morgan fingerprint density at radius 3 is 2.52 bits per heavy atom. The first-order valence-corrected chi connectivity index (χ1v) is 7.27. The highest BCUT2D eigenvalue weighted by Gasteiger charge is 2.29. The van der Waals surface area contributed by atoms with Crippen LogP contribution in [-0.4, -0.2) is 18.4 Å². The average molecular weight is 316 g/mol. The Hall–Kier alpha value is -2.60. The molecule has 0 unspecified atom stereocenters. The van der Waals surface area contributed by atoms with E-state index in [2.05, 4.69) is 10.8 Å². The van der Waals surface area contributed by atoms with Crippen LogP contribution in [0.15, 0.2) is 53.1 Å². The van der Waals surface area contributed by atoms with Gasteiger partial charge in [-0.2, -0.15) is 0 Å². The van der Waals surface area contributed by atoms with E-state index in [4.69, 9.17) is 9.25 Å². The number of hydroxylamine groups is 1. The van der Waals surface area contributed by atoms with Crippen molar-refractivity contribution in [2.45, 2.75) is 25.8 Å². The van der Waals surface area contributed by atoms with Gasteiger partial charge in [0, 0.05) is 0 Å². The standard InChI is InChI=1S/C17H20N2O4/c1-17(2,13-7-4-3-5-8-13)16(21)19-23-12-15(20)18-11-14-9-6-10-22-14/h3-10H,11-12H2,1-2H3,(H,18,20)(H,19,21). The summed E-state index contributed by atoms with van der Waals surface area (Å²) < 4.78 is 5.09. The zero-order valence-electron chi connectivity index (χ0n) is 13.2. The highest BCUT2D eigenvalue weighted by molar-refractivity contribution is 5.86. The smallest absolute Gasteiger partial charge is 0.253 e. The Labute approximate surface area is 134 Å². The number of hydrogen-bond acceptors (Lipinski definition) is 4. The van der Waals surface area contributed by atoms with Crippen molar-refractivity contribution in [2.75, 3.05) is 6.61 Å². The minimum absolute atomic E-state index is 0.267. The maximum atomic E-state index is 12.2. The second-order valence-corrected chi connectivity index (χ2v) is 5.57. The van der Waals surface area contributed by atoms with Gasteiger partial charge < -0.3 is 9.73 Å². The summed E-state index contributed by atoms with van der Waals surface area (Å²) in [6.07, 6.45) is 1.53. The first-order chi connectivity index (χ1) is 11.0. The SMILES string of the molecule is CC(C)(C(=O)NOCC(=O)NCc1ccco1)c1ccccc1. The Morgan fingerprint density at radius 1 is 1.13 bits per heavy atom. The number of amides is 2. The predicted octanol–water partition coefficient (Wildman–Crippen LogP) is 1.92. The number of furan rings is 1. The molecule has 0 saturated heterocycles. The van der Waals surface area contributed by atoms with Crippen LogP contribution >= 0.6 is 0 Å². The summed E-state index contributed by atoms with van der Waals surface area (Å²) in [5, 5.41) is 2.62. The Balaban J connectivity index is 1.74. The molecule has 0 radical (unpaired) electrons. The highest BCUT2D eigenvalue weighted by atomic mass is 16.7. The van der Waals surface area contributed by atoms with Crippen LogP contribution in [0.2, 0.25) is 0 Å². The van der Waals surface area contributed by atoms with Crippen LogP contribution in [0.25, 0.3) is 0 Å². The van der Waals surface area contributed by atoms with Crippen LogP contribution in [0.4, 0.5) is 0 Å². The second-order valence-electron chi connectivity index (χ2n) is 5.57. The maximum Gasteiger partial charge on any atom is 0.253 e. The molecule has 0 fully saturated rings. The molecule has 0 saturated carbocycles. The van der Waals surface area contributed by atoms with Crippen LogP contribution in [0.3, 0.4) is 0 Å². The molecule has 6 heteroatoms. The van der Waals surface area contributed by atoms with Gasteiger partial charge in [-0.05, 0) is 31.5 Å². The zero-order valence-corrected chi connectivity index (χ0v) is 13.2. The van der Waals surface area contributed by atoms with E-state index in [-0.39, 0.29) is 25.0 Å². The van der Waals surface area contributed by atoms with Gasteiger partial charge in [0.15, 0.2) is 6.61 Å². The summed E-state index contributed by atoms with van der Waals surface area (Å²) in [4.78, 5) is 28.8. The molecule has 0 aliphatic heterocycles. The van der Waals surface area contributed by atoms with Gasteiger partial charge in [-0.3, -0.25) is 14.4 Å². The molecule has 0 aliphatic carbocycles. The number of carbonyl (C=O) groups is 2. The van der Waals surface area contributed by atoms with E-state index in [1.807, 2.05) is 30.3 Å². The highest BCUT2D eigenvalue weighted by Crippen LogP contribution is 2.22. The van der Waals surface area contributed by atoms with E-state index in [0.29, 0.717) is 5.76 Å². The molecule has 0 bridgehead atoms. The molecule has 0 spiro atoms. The van der Waals surface area contributed by atoms with E-state index in [1.165, 1.54) is 6.26 Å². The van der Waals surface area contributed by atoms with E-state index in [0.717, 1.165) is 5.56 Å². The summed E-state index contributed by atoms with van der Waals surface area (Å²) in [6.45, 7) is 3.59. The Morgan fingerprint density at radius 2 is 1.87 bits per heavy atom. The number of carbonyl (C=O) groups excluding carboxylic acids is 2. The fourth-order valence-electron chi connectivity index (χ4n) is 1.93. The molecule has 2 amide bonds. The third-order valence-electron chi connectivity index (χ3n) is 3.47. The molecule has 2 N–H and O–H groups in total. The minimum Gasteiger partial charge on any atom is -0.467 e. The van der Waals surface area contributed by atoms with E-state index in [1.54, 1.807) is 26.0 Å². The van der Waals surface area contributed by atoms with Crippen molar-refractivity contribution in [3.05, 3.63) is 60.1 Å². The third kappa shape index (κ3) is 4.69. The van der Waals surface area contributed by atoms with Gasteiger partial charge >= 0.3 is 0 Å². The normalized spacial score (nSPS) is 11.0. The van der Waals surface area contributed by atoms with Gasteiger partial charge in [0.25, 0.3) is 5.91 Å². The lowest BCUT2D eigenvalue weighted by Gasteiger charge is -2.23. The minimum atomic E-state index is -0.758. The molecule has 6 nitrogen and oxygen atoms in total. The van der Waals surface area contributed by atoms with Crippen molar-refractivity contribution >= 4 is 11.8 Å². The van der Waals surface area contributed by atoms with Crippen LogP contribution in [0, 0.1) is 0 Å². The molecule has 0 aliphatic rings. The molecular weight excluding hydrogens is 296 g/mol. The van der Waals surface area contributed by atoms with E-state index in [9.17, 15) is 9.59 Å². The molecule has 122 valence electrons. The predicted molar refractivity (Wildman–Crippen MR) is 84.1 cm³/mol. The largest absolute Gasteiger partial charge is 0.467 e. The Bertz CT molecular complexity index is 636. The summed E-state index contributed by atoms with van der Waals surface area (Å²) in [5.41, 5.74) is 2.43. The monoisotopic (exact) mass is 316 g/mol. The molecule has 23 heavy (non-hydrogen) atoms. The van der Waals surface area contributed by atoms with Crippen molar-refractivity contribution in [3.8, 4) is 0 Å². The molecule has 1 aromatic carbocycles. The van der Waals surface area contributed by atoms with Crippen molar-refractivity contribution < 1.29 is 18.8 Å². The first kappa shape index (κ1) is 16.8. The van der Waals surface area contributed by atoms with Crippen molar-refractivity contribution in [1.29, 1.82) is 0 Å². The van der Waals surface area contributed by atoms with E-state index >= 15 is 0 Å². The summed E-state index contributed by atoms with van der Waals surface area (Å²) >= 11 is 0. The van der Waals surface area contributed by atoms with Crippen molar-refractivity contribution in [1.82, 2.24) is 10.8 Å². The van der Waals surface area contributed by atoms with Gasteiger partial charge in [-0.15, -0.1) is 0 Å². The molecule has 1 heterocycles. The number of rotatable bonds is 7. The second kappa shape index (κ2) is 7.60. The van der Waals surface area contributed by atoms with E-state index < -0.39 is 5.41 Å². The lowest BCUT2D eigenvalue weighted by Crippen LogP contribution is -2.41. The molecule has 2 rings (SSSR count). The van der Waals surface area contributed by atoms with Crippen molar-refractivity contribution in [2.24, 2.45) is 0 Å². The Kier molecular flexibility index (Phi) is 5.54. The summed E-state index contributed by atoms with van der Waals surface area (Å²) in [5.74, 6) is -0.0191. The average Bonchev–Trinajstić information content (AvgIpc) is 3.07. The fraction of sp³-hybridized carbons (Fsp3) is 0.294. The van der Waals surface area contributed by atoms with Crippen LogP contribution < -0.4 is 10.8 Å². The molecule has 1 aromatic heterocycles.